The highest BCUT2D eigenvalue weighted by Gasteiger charge is 2.70. The van der Waals surface area contributed by atoms with Crippen LogP contribution in [-0.2, 0) is 16.1 Å². The number of fused-ring (bicyclic) bond motifs is 4. The molecule has 3 N–H and O–H groups in total. The summed E-state index contributed by atoms with van der Waals surface area (Å²) >= 11 is 0. The number of likely N-dealkylation sites (N-methyl/N-ethyl adjacent to an activating group) is 1. The van der Waals surface area contributed by atoms with Crippen molar-refractivity contribution >= 4 is 12.1 Å². The summed E-state index contributed by atoms with van der Waals surface area (Å²) in [5, 5.41) is 24.3. The molecule has 0 aromatic heterocycles. The normalized spacial score (nSPS) is 38.5. The number of carboxylic acid groups (broad SMARTS) is 1. The van der Waals surface area contributed by atoms with Gasteiger partial charge in [-0.25, -0.2) is 9.59 Å². The van der Waals surface area contributed by atoms with Crippen molar-refractivity contribution in [2.45, 2.75) is 70.9 Å². The Hall–Kier alpha value is -2.38. The molecule has 0 radical (unpaired) electrons. The third-order valence-corrected chi connectivity index (χ3v) is 8.59. The molecular weight excluding hydrogens is 396 g/mol. The number of carbonyl (C=O) groups excluding carboxylic acids is 1. The second-order valence-corrected chi connectivity index (χ2v) is 9.87. The number of benzene rings is 1. The van der Waals surface area contributed by atoms with Gasteiger partial charge >= 0.3 is 12.1 Å². The Bertz CT molecular complexity index is 931. The van der Waals surface area contributed by atoms with Crippen LogP contribution in [0.2, 0.25) is 0 Å². The van der Waals surface area contributed by atoms with E-state index in [1.54, 1.807) is 6.92 Å². The predicted octanol–water partition coefficient (Wildman–Crippen LogP) is 3.29. The number of aliphatic carboxylic acids is 1. The molecule has 2 heterocycles. The Labute approximate surface area is 183 Å². The van der Waals surface area contributed by atoms with Gasteiger partial charge in [0.1, 0.15) is 12.3 Å². The number of piperidine rings is 1. The molecule has 5 atom stereocenters. The zero-order valence-electron chi connectivity index (χ0n) is 18.6. The Morgan fingerprint density at radius 2 is 1.90 bits per heavy atom. The lowest BCUT2D eigenvalue weighted by Gasteiger charge is -2.57. The van der Waals surface area contributed by atoms with Crippen molar-refractivity contribution in [1.82, 2.24) is 10.2 Å². The first kappa shape index (κ1) is 21.8. The van der Waals surface area contributed by atoms with Gasteiger partial charge in [-0.05, 0) is 55.2 Å². The number of nitrogens with one attached hydrogen (secondary N) is 1. The molecular formula is C24H32N2O5. The van der Waals surface area contributed by atoms with Crippen LogP contribution in [0.5, 0.6) is 0 Å². The Kier molecular flexibility index (Phi) is 5.17. The molecule has 168 valence electrons. The zero-order chi connectivity index (χ0) is 22.6. The second kappa shape index (κ2) is 7.35. The predicted molar refractivity (Wildman–Crippen MR) is 115 cm³/mol. The topological polar surface area (TPSA) is 99.1 Å². The highest BCUT2D eigenvalue weighted by atomic mass is 16.5. The maximum atomic E-state index is 12.6. The van der Waals surface area contributed by atoms with Crippen molar-refractivity contribution in [3.8, 4) is 0 Å². The molecule has 1 amide bonds. The first-order valence-corrected chi connectivity index (χ1v) is 10.9. The van der Waals surface area contributed by atoms with Gasteiger partial charge < -0.3 is 20.3 Å². The lowest BCUT2D eigenvalue weighted by molar-refractivity contribution is -0.176. The van der Waals surface area contributed by atoms with Crippen molar-refractivity contribution in [2.75, 3.05) is 7.05 Å². The molecule has 7 heteroatoms. The van der Waals surface area contributed by atoms with E-state index in [0.29, 0.717) is 18.4 Å². The molecule has 0 unspecified atom stereocenters. The Balaban J connectivity index is 1.56. The molecule has 7 nitrogen and oxygen atoms in total. The van der Waals surface area contributed by atoms with Crippen LogP contribution in [0.1, 0.15) is 52.0 Å². The van der Waals surface area contributed by atoms with E-state index < -0.39 is 23.2 Å². The Morgan fingerprint density at radius 1 is 1.23 bits per heavy atom. The third kappa shape index (κ3) is 3.17. The van der Waals surface area contributed by atoms with Crippen molar-refractivity contribution < 1.29 is 24.5 Å². The SMILES string of the molecule is C/C(C(=O)O)=C1\C[C@@H]2N(C)[C@@]1(O)C[C@]1(C)[C@H](NC(=O)OCc3ccccc3)CC[C@]21C. The number of nitrogens with zero attached hydrogens (tertiary/aromatic N) is 1. The summed E-state index contributed by atoms with van der Waals surface area (Å²) in [6.45, 7) is 6.10. The summed E-state index contributed by atoms with van der Waals surface area (Å²) < 4.78 is 5.44. The number of ether oxygens (including phenoxy) is 1. The maximum Gasteiger partial charge on any atom is 0.407 e. The molecule has 4 rings (SSSR count). The fourth-order valence-electron chi connectivity index (χ4n) is 6.40. The first-order chi connectivity index (χ1) is 14.5. The fraction of sp³-hybridized carbons (Fsp3) is 0.583. The minimum Gasteiger partial charge on any atom is -0.478 e. The summed E-state index contributed by atoms with van der Waals surface area (Å²) in [5.41, 5.74) is -0.159. The van der Waals surface area contributed by atoms with E-state index in [4.69, 9.17) is 4.74 Å². The minimum atomic E-state index is -1.32. The van der Waals surface area contributed by atoms with E-state index in [-0.39, 0.29) is 29.7 Å². The first-order valence-electron chi connectivity index (χ1n) is 10.9. The monoisotopic (exact) mass is 428 g/mol. The average molecular weight is 429 g/mol. The molecule has 1 aromatic rings. The van der Waals surface area contributed by atoms with Crippen molar-refractivity contribution in [3.05, 3.63) is 47.0 Å². The number of hydrogen-bond acceptors (Lipinski definition) is 5. The number of carboxylic acids is 1. The summed E-state index contributed by atoms with van der Waals surface area (Å²) in [6.07, 6.45) is 2.12. The number of hydrogen-bond donors (Lipinski definition) is 3. The number of carbonyl (C=O) groups is 2. The number of aliphatic hydroxyl groups is 1. The van der Waals surface area contributed by atoms with Crippen LogP contribution in [-0.4, -0.2) is 52.0 Å². The van der Waals surface area contributed by atoms with Crippen molar-refractivity contribution in [1.29, 1.82) is 0 Å². The van der Waals surface area contributed by atoms with Crippen molar-refractivity contribution in [3.63, 3.8) is 0 Å². The summed E-state index contributed by atoms with van der Waals surface area (Å²) in [4.78, 5) is 26.2. The second-order valence-electron chi connectivity index (χ2n) is 9.87. The molecule has 1 aromatic carbocycles. The Morgan fingerprint density at radius 3 is 2.55 bits per heavy atom. The van der Waals surface area contributed by atoms with E-state index in [0.717, 1.165) is 18.4 Å². The van der Waals surface area contributed by atoms with Gasteiger partial charge in [0.2, 0.25) is 0 Å². The molecule has 3 fully saturated rings. The van der Waals surface area contributed by atoms with Crippen LogP contribution < -0.4 is 5.32 Å². The van der Waals surface area contributed by atoms with Gasteiger partial charge in [0, 0.05) is 24.1 Å². The number of alkyl carbamates (subject to hydrolysis) is 1. The standard InChI is InChI=1S/C24H32N2O5/c1-15(20(27)28)17-12-19-22(2)11-10-18(23(22,3)14-24(17,30)26(19)4)25-21(29)31-13-16-8-6-5-7-9-16/h5-9,18-19,30H,10-14H2,1-4H3,(H,25,29)(H,27,28)/b17-15-/t18-,19+,22-,23-,24-/m1/s1. The smallest absolute Gasteiger partial charge is 0.407 e. The molecule has 2 aliphatic heterocycles. The fourth-order valence-corrected chi connectivity index (χ4v) is 6.40. The molecule has 31 heavy (non-hydrogen) atoms. The van der Waals surface area contributed by atoms with Crippen molar-refractivity contribution in [2.24, 2.45) is 10.8 Å². The molecule has 2 bridgehead atoms. The molecule has 1 aliphatic carbocycles. The van der Waals surface area contributed by atoms with E-state index in [1.807, 2.05) is 42.3 Å². The van der Waals surface area contributed by atoms with Gasteiger partial charge in [-0.1, -0.05) is 44.2 Å². The van der Waals surface area contributed by atoms with E-state index >= 15 is 0 Å². The van der Waals surface area contributed by atoms with Crippen LogP contribution in [0.3, 0.4) is 0 Å². The quantitative estimate of drug-likeness (QED) is 0.637. The minimum absolute atomic E-state index is 0.00712. The molecule has 0 spiro atoms. The van der Waals surface area contributed by atoms with Gasteiger partial charge in [0.15, 0.2) is 0 Å². The lowest BCUT2D eigenvalue weighted by atomic mass is 9.58. The van der Waals surface area contributed by atoms with Crippen LogP contribution in [0.25, 0.3) is 0 Å². The summed E-state index contributed by atoms with van der Waals surface area (Å²) in [5.74, 6) is -0.996. The third-order valence-electron chi connectivity index (χ3n) is 8.59. The number of amides is 1. The lowest BCUT2D eigenvalue weighted by Crippen LogP contribution is -2.65. The highest BCUT2D eigenvalue weighted by molar-refractivity contribution is 5.87. The van der Waals surface area contributed by atoms with Gasteiger partial charge in [0.25, 0.3) is 0 Å². The van der Waals surface area contributed by atoms with E-state index in [9.17, 15) is 19.8 Å². The highest BCUT2D eigenvalue weighted by Crippen LogP contribution is 2.67. The maximum absolute atomic E-state index is 12.6. The van der Waals surface area contributed by atoms with Gasteiger partial charge in [-0.3, -0.25) is 4.90 Å². The van der Waals surface area contributed by atoms with E-state index in [1.165, 1.54) is 0 Å². The largest absolute Gasteiger partial charge is 0.478 e. The zero-order valence-corrected chi connectivity index (χ0v) is 18.6. The van der Waals surface area contributed by atoms with Gasteiger partial charge in [-0.2, -0.15) is 0 Å². The summed E-state index contributed by atoms with van der Waals surface area (Å²) in [7, 11) is 1.88. The van der Waals surface area contributed by atoms with Crippen LogP contribution in [0.15, 0.2) is 41.5 Å². The van der Waals surface area contributed by atoms with Crippen LogP contribution >= 0.6 is 0 Å². The molecule has 2 saturated heterocycles. The van der Waals surface area contributed by atoms with E-state index in [2.05, 4.69) is 19.2 Å². The van der Waals surface area contributed by atoms with Crippen LogP contribution in [0, 0.1) is 10.8 Å². The number of rotatable bonds is 4. The molecule has 1 saturated carbocycles. The van der Waals surface area contributed by atoms with Gasteiger partial charge in [0.05, 0.1) is 0 Å². The summed E-state index contributed by atoms with van der Waals surface area (Å²) in [6, 6.07) is 9.38. The van der Waals surface area contributed by atoms with Crippen LogP contribution in [0.4, 0.5) is 4.79 Å². The molecule has 3 aliphatic rings. The average Bonchev–Trinajstić information content (AvgIpc) is 3.10. The van der Waals surface area contributed by atoms with Gasteiger partial charge in [-0.15, -0.1) is 0 Å².